The number of nitrogens with one attached hydrogen (secondary N) is 1. The van der Waals surface area contributed by atoms with Crippen molar-refractivity contribution in [2.45, 2.75) is 5.92 Å². The molecule has 0 spiro atoms. The van der Waals surface area contributed by atoms with Gasteiger partial charge in [0.1, 0.15) is 11.5 Å². The predicted molar refractivity (Wildman–Crippen MR) is 116 cm³/mol. The van der Waals surface area contributed by atoms with Gasteiger partial charge in [-0.05, 0) is 23.3 Å². The van der Waals surface area contributed by atoms with Crippen LogP contribution in [0.25, 0.3) is 11.5 Å². The van der Waals surface area contributed by atoms with E-state index in [1.54, 1.807) is 32.4 Å². The van der Waals surface area contributed by atoms with E-state index in [-0.39, 0.29) is 17.8 Å². The number of anilines is 1. The molecule has 0 fully saturated rings. The SMILES string of the molecule is COc1ccc(-c2nnc(NC(=O)C(c3ccccc3)c3ccccc3)o2)c(OC)c1. The number of methoxy groups -OCH3 is 2. The quantitative estimate of drug-likeness (QED) is 0.477. The lowest BCUT2D eigenvalue weighted by Gasteiger charge is -2.16. The van der Waals surface area contributed by atoms with Crippen molar-refractivity contribution >= 4 is 11.9 Å². The first-order chi connectivity index (χ1) is 15.2. The third kappa shape index (κ3) is 4.40. The maximum atomic E-state index is 13.2. The lowest BCUT2D eigenvalue weighted by atomic mass is 9.90. The van der Waals surface area contributed by atoms with Crippen LogP contribution in [0.2, 0.25) is 0 Å². The van der Waals surface area contributed by atoms with Crippen LogP contribution in [0.1, 0.15) is 17.0 Å². The Morgan fingerprint density at radius 1 is 0.871 bits per heavy atom. The zero-order valence-corrected chi connectivity index (χ0v) is 17.1. The highest BCUT2D eigenvalue weighted by atomic mass is 16.5. The lowest BCUT2D eigenvalue weighted by Crippen LogP contribution is -2.22. The molecule has 7 nitrogen and oxygen atoms in total. The molecule has 31 heavy (non-hydrogen) atoms. The molecule has 1 aromatic heterocycles. The Hall–Kier alpha value is -4.13. The van der Waals surface area contributed by atoms with Crippen molar-refractivity contribution in [2.75, 3.05) is 19.5 Å². The summed E-state index contributed by atoms with van der Waals surface area (Å²) in [6, 6.07) is 24.3. The van der Waals surface area contributed by atoms with E-state index in [1.807, 2.05) is 60.7 Å². The van der Waals surface area contributed by atoms with Gasteiger partial charge < -0.3 is 13.9 Å². The first-order valence-electron chi connectivity index (χ1n) is 9.66. The van der Waals surface area contributed by atoms with Gasteiger partial charge in [0, 0.05) is 6.07 Å². The summed E-state index contributed by atoms with van der Waals surface area (Å²) in [5.74, 6) is 0.600. The second-order valence-electron chi connectivity index (χ2n) is 6.72. The Kier molecular flexibility index (Phi) is 5.93. The van der Waals surface area contributed by atoms with Crippen molar-refractivity contribution in [3.8, 4) is 23.0 Å². The van der Waals surface area contributed by atoms with Crippen LogP contribution in [0, 0.1) is 0 Å². The molecule has 0 aliphatic carbocycles. The molecule has 4 rings (SSSR count). The summed E-state index contributed by atoms with van der Waals surface area (Å²) >= 11 is 0. The summed E-state index contributed by atoms with van der Waals surface area (Å²) in [7, 11) is 3.12. The van der Waals surface area contributed by atoms with Gasteiger partial charge >= 0.3 is 6.01 Å². The van der Waals surface area contributed by atoms with Crippen LogP contribution in [-0.2, 0) is 4.79 Å². The molecule has 0 saturated heterocycles. The van der Waals surface area contributed by atoms with Crippen LogP contribution in [0.3, 0.4) is 0 Å². The number of rotatable bonds is 7. The third-order valence-corrected chi connectivity index (χ3v) is 4.82. The zero-order chi connectivity index (χ0) is 21.6. The fraction of sp³-hybridized carbons (Fsp3) is 0.125. The van der Waals surface area contributed by atoms with Gasteiger partial charge in [0.15, 0.2) is 0 Å². The van der Waals surface area contributed by atoms with Crippen molar-refractivity contribution in [1.29, 1.82) is 0 Å². The number of aromatic nitrogens is 2. The molecule has 7 heteroatoms. The van der Waals surface area contributed by atoms with E-state index in [0.29, 0.717) is 17.1 Å². The molecule has 0 radical (unpaired) electrons. The molecule has 4 aromatic rings. The minimum atomic E-state index is -0.520. The first kappa shape index (κ1) is 20.2. The molecule has 156 valence electrons. The Morgan fingerprint density at radius 2 is 1.52 bits per heavy atom. The normalized spacial score (nSPS) is 10.7. The highest BCUT2D eigenvalue weighted by molar-refractivity contribution is 5.96. The van der Waals surface area contributed by atoms with Gasteiger partial charge in [-0.25, -0.2) is 0 Å². The van der Waals surface area contributed by atoms with Crippen LogP contribution in [0.5, 0.6) is 11.5 Å². The minimum Gasteiger partial charge on any atom is -0.497 e. The molecule has 0 bridgehead atoms. The first-order valence-corrected chi connectivity index (χ1v) is 9.66. The standard InChI is InChI=1S/C24H21N3O4/c1-29-18-13-14-19(20(15-18)30-2)23-26-27-24(31-23)25-22(28)21(16-9-5-3-6-10-16)17-11-7-4-8-12-17/h3-15,21H,1-2H3,(H,25,27,28). The van der Waals surface area contributed by atoms with E-state index in [0.717, 1.165) is 11.1 Å². The summed E-state index contributed by atoms with van der Waals surface area (Å²) in [6.07, 6.45) is 0. The van der Waals surface area contributed by atoms with E-state index in [2.05, 4.69) is 15.5 Å². The highest BCUT2D eigenvalue weighted by Crippen LogP contribution is 2.33. The van der Waals surface area contributed by atoms with Gasteiger partial charge in [0.05, 0.1) is 25.7 Å². The van der Waals surface area contributed by atoms with Gasteiger partial charge in [-0.3, -0.25) is 10.1 Å². The van der Waals surface area contributed by atoms with Crippen LogP contribution in [-0.4, -0.2) is 30.3 Å². The summed E-state index contributed by atoms with van der Waals surface area (Å²) in [5, 5.41) is 10.8. The van der Waals surface area contributed by atoms with Crippen LogP contribution < -0.4 is 14.8 Å². The number of nitrogens with zero attached hydrogens (tertiary/aromatic N) is 2. The maximum Gasteiger partial charge on any atom is 0.322 e. The number of carbonyl (C=O) groups excluding carboxylic acids is 1. The average Bonchev–Trinajstić information content (AvgIpc) is 3.28. The Bertz CT molecular complexity index is 1120. The smallest absolute Gasteiger partial charge is 0.322 e. The van der Waals surface area contributed by atoms with Crippen molar-refractivity contribution in [2.24, 2.45) is 0 Å². The lowest BCUT2D eigenvalue weighted by molar-refractivity contribution is -0.116. The molecule has 1 N–H and O–H groups in total. The fourth-order valence-corrected chi connectivity index (χ4v) is 3.32. The number of hydrogen-bond acceptors (Lipinski definition) is 6. The summed E-state index contributed by atoms with van der Waals surface area (Å²) in [4.78, 5) is 13.2. The van der Waals surface area contributed by atoms with Crippen LogP contribution in [0.15, 0.2) is 83.3 Å². The van der Waals surface area contributed by atoms with Gasteiger partial charge in [-0.1, -0.05) is 65.8 Å². The molecule has 1 heterocycles. The molecule has 0 atom stereocenters. The van der Waals surface area contributed by atoms with Gasteiger partial charge in [-0.2, -0.15) is 0 Å². The molecule has 0 aliphatic rings. The van der Waals surface area contributed by atoms with E-state index in [9.17, 15) is 4.79 Å². The van der Waals surface area contributed by atoms with E-state index in [4.69, 9.17) is 13.9 Å². The number of ether oxygens (including phenoxy) is 2. The molecule has 1 amide bonds. The summed E-state index contributed by atoms with van der Waals surface area (Å²) < 4.78 is 16.3. The van der Waals surface area contributed by atoms with Crippen LogP contribution >= 0.6 is 0 Å². The largest absolute Gasteiger partial charge is 0.497 e. The molecular formula is C24H21N3O4. The number of carbonyl (C=O) groups is 1. The Labute approximate surface area is 179 Å². The van der Waals surface area contributed by atoms with Crippen molar-refractivity contribution in [3.05, 3.63) is 90.0 Å². The molecule has 0 unspecified atom stereocenters. The van der Waals surface area contributed by atoms with E-state index >= 15 is 0 Å². The molecular weight excluding hydrogens is 394 g/mol. The number of amides is 1. The van der Waals surface area contributed by atoms with E-state index < -0.39 is 5.92 Å². The van der Waals surface area contributed by atoms with Gasteiger partial charge in [0.2, 0.25) is 5.91 Å². The molecule has 3 aromatic carbocycles. The Morgan fingerprint density at radius 3 is 2.10 bits per heavy atom. The zero-order valence-electron chi connectivity index (χ0n) is 17.1. The summed E-state index contributed by atoms with van der Waals surface area (Å²) in [5.41, 5.74) is 2.32. The predicted octanol–water partition coefficient (Wildman–Crippen LogP) is 4.52. The number of hydrogen-bond donors (Lipinski definition) is 1. The van der Waals surface area contributed by atoms with Crippen LogP contribution in [0.4, 0.5) is 6.01 Å². The monoisotopic (exact) mass is 415 g/mol. The van der Waals surface area contributed by atoms with Gasteiger partial charge in [-0.15, -0.1) is 5.10 Å². The Balaban J connectivity index is 1.61. The number of benzene rings is 3. The van der Waals surface area contributed by atoms with Gasteiger partial charge in [0.25, 0.3) is 5.89 Å². The van der Waals surface area contributed by atoms with Crippen molar-refractivity contribution in [1.82, 2.24) is 10.2 Å². The highest BCUT2D eigenvalue weighted by Gasteiger charge is 2.24. The fourth-order valence-electron chi connectivity index (χ4n) is 3.32. The van der Waals surface area contributed by atoms with E-state index in [1.165, 1.54) is 0 Å². The third-order valence-electron chi connectivity index (χ3n) is 4.82. The topological polar surface area (TPSA) is 86.5 Å². The maximum absolute atomic E-state index is 13.2. The van der Waals surface area contributed by atoms with Crippen molar-refractivity contribution < 1.29 is 18.7 Å². The molecule has 0 saturated carbocycles. The summed E-state index contributed by atoms with van der Waals surface area (Å²) in [6.45, 7) is 0. The van der Waals surface area contributed by atoms with Crippen molar-refractivity contribution in [3.63, 3.8) is 0 Å². The average molecular weight is 415 g/mol. The second-order valence-corrected chi connectivity index (χ2v) is 6.72. The minimum absolute atomic E-state index is 0.00901. The second kappa shape index (κ2) is 9.13. The molecule has 0 aliphatic heterocycles.